The zero-order valence-electron chi connectivity index (χ0n) is 7.46. The molecular weight excluding hydrogens is 192 g/mol. The van der Waals surface area contributed by atoms with Gasteiger partial charge in [0.15, 0.2) is 10.2 Å². The van der Waals surface area contributed by atoms with E-state index in [1.165, 1.54) is 0 Å². The molecule has 4 heteroatoms. The van der Waals surface area contributed by atoms with Crippen LogP contribution >= 0.6 is 21.6 Å². The summed E-state index contributed by atoms with van der Waals surface area (Å²) in [5.74, 6) is 0. The predicted octanol–water partition coefficient (Wildman–Crippen LogP) is 3.02. The van der Waals surface area contributed by atoms with Crippen molar-refractivity contribution < 1.29 is 9.59 Å². The maximum atomic E-state index is 10.9. The summed E-state index contributed by atoms with van der Waals surface area (Å²) in [6.45, 7) is 3.91. The largest absolute Gasteiger partial charge is 0.286 e. The maximum Gasteiger partial charge on any atom is 0.199 e. The van der Waals surface area contributed by atoms with E-state index < -0.39 is 0 Å². The van der Waals surface area contributed by atoms with Gasteiger partial charge < -0.3 is 0 Å². The van der Waals surface area contributed by atoms with Gasteiger partial charge in [-0.2, -0.15) is 0 Å². The van der Waals surface area contributed by atoms with E-state index in [1.54, 1.807) is 0 Å². The predicted molar refractivity (Wildman–Crippen MR) is 55.0 cm³/mol. The van der Waals surface area contributed by atoms with Crippen molar-refractivity contribution in [3.8, 4) is 0 Å². The molecule has 0 rings (SSSR count). The molecule has 0 aromatic carbocycles. The lowest BCUT2D eigenvalue weighted by Crippen LogP contribution is -1.91. The summed E-state index contributed by atoms with van der Waals surface area (Å²) in [7, 11) is 2.15. The summed E-state index contributed by atoms with van der Waals surface area (Å²) >= 11 is 0. The summed E-state index contributed by atoms with van der Waals surface area (Å²) < 4.78 is 0. The summed E-state index contributed by atoms with van der Waals surface area (Å²) in [6, 6.07) is 0. The average molecular weight is 206 g/mol. The Balaban J connectivity index is 3.40. The van der Waals surface area contributed by atoms with Crippen LogP contribution in [0, 0.1) is 0 Å². The summed E-state index contributed by atoms with van der Waals surface area (Å²) in [4.78, 5) is 21.9. The molecule has 0 heterocycles. The lowest BCUT2D eigenvalue weighted by molar-refractivity contribution is -0.112. The van der Waals surface area contributed by atoms with E-state index in [0.717, 1.165) is 34.4 Å². The Hall–Kier alpha value is 0.0400. The molecule has 0 aromatic heterocycles. The van der Waals surface area contributed by atoms with Crippen molar-refractivity contribution in [2.75, 3.05) is 0 Å². The molecule has 70 valence electrons. The Bertz CT molecular complexity index is 139. The average Bonchev–Trinajstić information content (AvgIpc) is 2.02. The van der Waals surface area contributed by atoms with Crippen molar-refractivity contribution in [3.05, 3.63) is 0 Å². The van der Waals surface area contributed by atoms with Crippen LogP contribution in [0.15, 0.2) is 0 Å². The quantitative estimate of drug-likeness (QED) is 0.662. The molecule has 0 radical (unpaired) electrons. The molecule has 0 fully saturated rings. The Morgan fingerprint density at radius 3 is 1.50 bits per heavy atom. The van der Waals surface area contributed by atoms with Gasteiger partial charge in [0.2, 0.25) is 0 Å². The van der Waals surface area contributed by atoms with E-state index in [-0.39, 0.29) is 10.2 Å². The fourth-order valence-corrected chi connectivity index (χ4v) is 2.40. The number of carbonyl (C=O) groups excluding carboxylic acids is 2. The van der Waals surface area contributed by atoms with Gasteiger partial charge in [0.05, 0.1) is 0 Å². The lowest BCUT2D eigenvalue weighted by atomic mass is 10.4. The first kappa shape index (κ1) is 12.0. The zero-order valence-corrected chi connectivity index (χ0v) is 9.09. The minimum Gasteiger partial charge on any atom is -0.286 e. The highest BCUT2D eigenvalue weighted by molar-refractivity contribution is 8.87. The first-order chi connectivity index (χ1) is 5.70. The minimum absolute atomic E-state index is 0.104. The van der Waals surface area contributed by atoms with Crippen molar-refractivity contribution in [2.45, 2.75) is 39.5 Å². The van der Waals surface area contributed by atoms with Gasteiger partial charge in [-0.1, -0.05) is 13.8 Å². The van der Waals surface area contributed by atoms with Crippen molar-refractivity contribution in [3.63, 3.8) is 0 Å². The molecule has 0 saturated heterocycles. The molecule has 0 saturated carbocycles. The van der Waals surface area contributed by atoms with E-state index in [0.29, 0.717) is 12.8 Å². The molecule has 0 unspecified atom stereocenters. The molecular formula is C8H14O2S2. The first-order valence-corrected chi connectivity index (χ1v) is 6.25. The third-order valence-corrected chi connectivity index (χ3v) is 3.36. The van der Waals surface area contributed by atoms with Crippen molar-refractivity contribution >= 4 is 31.8 Å². The van der Waals surface area contributed by atoms with Gasteiger partial charge in [-0.05, 0) is 34.4 Å². The fraction of sp³-hybridized carbons (Fsp3) is 0.750. The van der Waals surface area contributed by atoms with Gasteiger partial charge in [-0.15, -0.1) is 0 Å². The second-order valence-electron chi connectivity index (χ2n) is 2.41. The zero-order chi connectivity index (χ0) is 9.40. The van der Waals surface area contributed by atoms with Crippen LogP contribution in [0.2, 0.25) is 0 Å². The fourth-order valence-electron chi connectivity index (χ4n) is 0.585. The molecule has 0 amide bonds. The molecule has 0 aliphatic heterocycles. The van der Waals surface area contributed by atoms with E-state index in [1.807, 2.05) is 13.8 Å². The van der Waals surface area contributed by atoms with Crippen LogP contribution in [-0.4, -0.2) is 10.2 Å². The van der Waals surface area contributed by atoms with Crippen LogP contribution < -0.4 is 0 Å². The first-order valence-electron chi connectivity index (χ1n) is 4.10. The van der Waals surface area contributed by atoms with Crippen molar-refractivity contribution in [2.24, 2.45) is 0 Å². The van der Waals surface area contributed by atoms with Gasteiger partial charge in [0, 0.05) is 12.8 Å². The van der Waals surface area contributed by atoms with Crippen LogP contribution in [0.5, 0.6) is 0 Å². The van der Waals surface area contributed by atoms with E-state index in [9.17, 15) is 9.59 Å². The minimum atomic E-state index is 0.104. The SMILES string of the molecule is CCCC(=O)SSC(=O)CCC. The molecule has 2 nitrogen and oxygen atoms in total. The number of hydrogen-bond acceptors (Lipinski definition) is 4. The molecule has 0 N–H and O–H groups in total. The van der Waals surface area contributed by atoms with Crippen LogP contribution in [0.1, 0.15) is 39.5 Å². The third kappa shape index (κ3) is 6.73. The third-order valence-electron chi connectivity index (χ3n) is 1.14. The lowest BCUT2D eigenvalue weighted by Gasteiger charge is -1.96. The molecule has 0 aromatic rings. The molecule has 0 aliphatic carbocycles. The van der Waals surface area contributed by atoms with Crippen LogP contribution in [0.25, 0.3) is 0 Å². The van der Waals surface area contributed by atoms with Gasteiger partial charge in [0.1, 0.15) is 0 Å². The number of rotatable bonds is 4. The van der Waals surface area contributed by atoms with Gasteiger partial charge in [-0.3, -0.25) is 9.59 Å². The smallest absolute Gasteiger partial charge is 0.199 e. The van der Waals surface area contributed by atoms with Crippen LogP contribution in [-0.2, 0) is 9.59 Å². The summed E-state index contributed by atoms with van der Waals surface area (Å²) in [5, 5.41) is 0.207. The van der Waals surface area contributed by atoms with Crippen molar-refractivity contribution in [1.82, 2.24) is 0 Å². The highest BCUT2D eigenvalue weighted by atomic mass is 33.1. The van der Waals surface area contributed by atoms with Crippen molar-refractivity contribution in [1.29, 1.82) is 0 Å². The molecule has 0 aliphatic rings. The Kier molecular flexibility index (Phi) is 7.70. The van der Waals surface area contributed by atoms with Gasteiger partial charge in [0.25, 0.3) is 0 Å². The number of carbonyl (C=O) groups is 2. The molecule has 0 atom stereocenters. The Morgan fingerprint density at radius 1 is 0.917 bits per heavy atom. The maximum absolute atomic E-state index is 10.9. The summed E-state index contributed by atoms with van der Waals surface area (Å²) in [5.41, 5.74) is 0. The van der Waals surface area contributed by atoms with Gasteiger partial charge in [-0.25, -0.2) is 0 Å². The molecule has 12 heavy (non-hydrogen) atoms. The standard InChI is InChI=1S/C8H14O2S2/c1-3-5-7(9)11-12-8(10)6-4-2/h3-6H2,1-2H3. The monoisotopic (exact) mass is 206 g/mol. The second-order valence-corrected chi connectivity index (χ2v) is 4.65. The summed E-state index contributed by atoms with van der Waals surface area (Å²) in [6.07, 6.45) is 2.84. The number of hydrogen-bond donors (Lipinski definition) is 0. The second kappa shape index (κ2) is 7.68. The Labute approximate surface area is 81.3 Å². The Morgan fingerprint density at radius 2 is 1.25 bits per heavy atom. The normalized spacial score (nSPS) is 9.83. The van der Waals surface area contributed by atoms with E-state index >= 15 is 0 Å². The van der Waals surface area contributed by atoms with Gasteiger partial charge >= 0.3 is 0 Å². The highest BCUT2D eigenvalue weighted by Crippen LogP contribution is 2.26. The topological polar surface area (TPSA) is 34.1 Å². The highest BCUT2D eigenvalue weighted by Gasteiger charge is 2.06. The van der Waals surface area contributed by atoms with Crippen LogP contribution in [0.3, 0.4) is 0 Å². The molecule has 0 spiro atoms. The van der Waals surface area contributed by atoms with E-state index in [2.05, 4.69) is 0 Å². The van der Waals surface area contributed by atoms with E-state index in [4.69, 9.17) is 0 Å². The molecule has 0 bridgehead atoms. The van der Waals surface area contributed by atoms with Crippen LogP contribution in [0.4, 0.5) is 0 Å².